The SMILES string of the molecule is CCN(CC)c1ccc(CN(C[C@@H]2CCCO2)C(C)=O)c(OS(=O)(=O)c2ccc(Cl)c(Cl)c2)c1. The Hall–Kier alpha value is -2.00. The second-order valence-corrected chi connectivity index (χ2v) is 10.5. The minimum absolute atomic E-state index is 0.0249. The molecule has 7 nitrogen and oxygen atoms in total. The Kier molecular flexibility index (Phi) is 9.09. The summed E-state index contributed by atoms with van der Waals surface area (Å²) in [5.74, 6) is 0.0377. The molecule has 0 aliphatic carbocycles. The van der Waals surface area contributed by atoms with Crippen molar-refractivity contribution in [3.05, 3.63) is 52.0 Å². The molecule has 0 bridgehead atoms. The Balaban J connectivity index is 1.96. The number of hydrogen-bond acceptors (Lipinski definition) is 6. The number of anilines is 1. The molecule has 1 amide bonds. The van der Waals surface area contributed by atoms with Gasteiger partial charge >= 0.3 is 10.1 Å². The van der Waals surface area contributed by atoms with Crippen LogP contribution < -0.4 is 9.08 Å². The van der Waals surface area contributed by atoms with Gasteiger partial charge in [-0.25, -0.2) is 0 Å². The van der Waals surface area contributed by atoms with E-state index in [2.05, 4.69) is 4.90 Å². The quantitative estimate of drug-likeness (QED) is 0.397. The molecule has 0 radical (unpaired) electrons. The van der Waals surface area contributed by atoms with Crippen molar-refractivity contribution in [3.63, 3.8) is 0 Å². The number of carbonyl (C=O) groups is 1. The van der Waals surface area contributed by atoms with Crippen molar-refractivity contribution in [3.8, 4) is 5.75 Å². The number of rotatable bonds is 10. The van der Waals surface area contributed by atoms with Crippen LogP contribution in [0, 0.1) is 0 Å². The molecule has 10 heteroatoms. The lowest BCUT2D eigenvalue weighted by Gasteiger charge is -2.26. The van der Waals surface area contributed by atoms with Gasteiger partial charge in [0.05, 0.1) is 16.1 Å². The topological polar surface area (TPSA) is 76.2 Å². The summed E-state index contributed by atoms with van der Waals surface area (Å²) in [4.78, 5) is 16.0. The van der Waals surface area contributed by atoms with Crippen LogP contribution >= 0.6 is 23.2 Å². The van der Waals surface area contributed by atoms with Crippen molar-refractivity contribution in [1.29, 1.82) is 0 Å². The third-order valence-corrected chi connectivity index (χ3v) is 7.78. The molecule has 0 N–H and O–H groups in total. The maximum Gasteiger partial charge on any atom is 0.339 e. The summed E-state index contributed by atoms with van der Waals surface area (Å²) < 4.78 is 37.5. The summed E-state index contributed by atoms with van der Waals surface area (Å²) in [7, 11) is -4.20. The van der Waals surface area contributed by atoms with E-state index in [1.54, 1.807) is 17.0 Å². The van der Waals surface area contributed by atoms with E-state index in [1.165, 1.54) is 25.1 Å². The first-order valence-electron chi connectivity index (χ1n) is 11.3. The minimum Gasteiger partial charge on any atom is -0.379 e. The van der Waals surface area contributed by atoms with Crippen molar-refractivity contribution in [1.82, 2.24) is 4.90 Å². The highest BCUT2D eigenvalue weighted by atomic mass is 35.5. The van der Waals surface area contributed by atoms with Crippen LogP contribution in [0.1, 0.15) is 39.2 Å². The number of ether oxygens (including phenoxy) is 1. The smallest absolute Gasteiger partial charge is 0.339 e. The molecule has 0 aromatic heterocycles. The number of hydrogen-bond donors (Lipinski definition) is 0. The Morgan fingerprint density at radius 1 is 1.12 bits per heavy atom. The summed E-state index contributed by atoms with van der Waals surface area (Å²) in [5.41, 5.74) is 1.40. The van der Waals surface area contributed by atoms with Gasteiger partial charge in [0.1, 0.15) is 10.6 Å². The van der Waals surface area contributed by atoms with E-state index in [0.29, 0.717) is 18.7 Å². The number of amides is 1. The normalized spacial score (nSPS) is 15.9. The largest absolute Gasteiger partial charge is 0.379 e. The number of halogens is 2. The second-order valence-electron chi connectivity index (χ2n) is 8.11. The van der Waals surface area contributed by atoms with Crippen LogP contribution in [-0.4, -0.2) is 51.6 Å². The van der Waals surface area contributed by atoms with Crippen molar-refractivity contribution in [2.45, 2.75) is 51.2 Å². The predicted octanol–water partition coefficient (Wildman–Crippen LogP) is 5.13. The molecule has 1 aliphatic rings. The van der Waals surface area contributed by atoms with Gasteiger partial charge in [0, 0.05) is 57.0 Å². The zero-order valence-corrected chi connectivity index (χ0v) is 21.9. The van der Waals surface area contributed by atoms with Crippen LogP contribution in [0.2, 0.25) is 10.0 Å². The van der Waals surface area contributed by atoms with Gasteiger partial charge in [-0.2, -0.15) is 8.42 Å². The van der Waals surface area contributed by atoms with Crippen LogP contribution in [-0.2, 0) is 26.2 Å². The summed E-state index contributed by atoms with van der Waals surface area (Å²) in [5, 5.41) is 0.360. The van der Waals surface area contributed by atoms with Gasteiger partial charge in [0.25, 0.3) is 0 Å². The zero-order valence-electron chi connectivity index (χ0n) is 19.6. The lowest BCUT2D eigenvalue weighted by atomic mass is 10.1. The Morgan fingerprint density at radius 2 is 1.85 bits per heavy atom. The van der Waals surface area contributed by atoms with Gasteiger partial charge in [0.15, 0.2) is 0 Å². The molecular formula is C24H30Cl2N2O5S. The summed E-state index contributed by atoms with van der Waals surface area (Å²) in [6.45, 7) is 8.33. The first-order chi connectivity index (χ1) is 16.1. The Morgan fingerprint density at radius 3 is 2.44 bits per heavy atom. The molecule has 0 unspecified atom stereocenters. The molecular weight excluding hydrogens is 499 g/mol. The second kappa shape index (κ2) is 11.6. The first kappa shape index (κ1) is 26.6. The molecule has 2 aromatic rings. The van der Waals surface area contributed by atoms with Gasteiger partial charge in [-0.15, -0.1) is 0 Å². The van der Waals surface area contributed by atoms with Crippen molar-refractivity contribution < 1.29 is 22.1 Å². The minimum atomic E-state index is -4.20. The van der Waals surface area contributed by atoms with E-state index < -0.39 is 10.1 Å². The first-order valence-corrected chi connectivity index (χ1v) is 13.5. The molecule has 1 atom stereocenters. The zero-order chi connectivity index (χ0) is 24.9. The van der Waals surface area contributed by atoms with Crippen molar-refractivity contribution in [2.24, 2.45) is 0 Å². The number of benzene rings is 2. The van der Waals surface area contributed by atoms with Gasteiger partial charge < -0.3 is 18.7 Å². The van der Waals surface area contributed by atoms with E-state index in [1.807, 2.05) is 19.9 Å². The lowest BCUT2D eigenvalue weighted by molar-refractivity contribution is -0.131. The highest BCUT2D eigenvalue weighted by molar-refractivity contribution is 7.87. The summed E-state index contributed by atoms with van der Waals surface area (Å²) >= 11 is 12.0. The molecule has 186 valence electrons. The fraction of sp³-hybridized carbons (Fsp3) is 0.458. The van der Waals surface area contributed by atoms with Gasteiger partial charge in [-0.1, -0.05) is 29.3 Å². The average Bonchev–Trinajstić information content (AvgIpc) is 3.30. The molecule has 1 heterocycles. The van der Waals surface area contributed by atoms with Crippen LogP contribution in [0.25, 0.3) is 0 Å². The van der Waals surface area contributed by atoms with Crippen LogP contribution in [0.3, 0.4) is 0 Å². The molecule has 1 aliphatic heterocycles. The van der Waals surface area contributed by atoms with Crippen molar-refractivity contribution >= 4 is 44.9 Å². The third kappa shape index (κ3) is 6.56. The van der Waals surface area contributed by atoms with Gasteiger partial charge in [0.2, 0.25) is 5.91 Å². The fourth-order valence-corrected chi connectivity index (χ4v) is 5.23. The number of nitrogens with zero attached hydrogens (tertiary/aromatic N) is 2. The van der Waals surface area contributed by atoms with E-state index in [9.17, 15) is 13.2 Å². The lowest BCUT2D eigenvalue weighted by Crippen LogP contribution is -2.35. The standard InChI is InChI=1S/C24H30Cl2N2O5S/c1-4-27(5-2)19-9-8-18(15-28(17(3)29)16-20-7-6-12-32-20)24(13-19)33-34(30,31)21-10-11-22(25)23(26)14-21/h8-11,13-14,20H,4-7,12,15-16H2,1-3H3/t20-/m0/s1. The summed E-state index contributed by atoms with van der Waals surface area (Å²) in [6, 6.07) is 9.42. The van der Waals surface area contributed by atoms with Crippen LogP contribution in [0.4, 0.5) is 5.69 Å². The maximum atomic E-state index is 13.1. The molecule has 0 saturated carbocycles. The molecule has 2 aromatic carbocycles. The predicted molar refractivity (Wildman–Crippen MR) is 134 cm³/mol. The third-order valence-electron chi connectivity index (χ3n) is 5.81. The van der Waals surface area contributed by atoms with Gasteiger partial charge in [-0.05, 0) is 51.0 Å². The molecule has 1 saturated heterocycles. The number of carbonyl (C=O) groups excluding carboxylic acids is 1. The van der Waals surface area contributed by atoms with E-state index in [0.717, 1.165) is 31.6 Å². The molecule has 1 fully saturated rings. The monoisotopic (exact) mass is 528 g/mol. The molecule has 0 spiro atoms. The van der Waals surface area contributed by atoms with E-state index in [-0.39, 0.29) is 39.2 Å². The highest BCUT2D eigenvalue weighted by Crippen LogP contribution is 2.32. The van der Waals surface area contributed by atoms with E-state index in [4.69, 9.17) is 32.1 Å². The molecule has 3 rings (SSSR count). The Bertz CT molecular complexity index is 1120. The van der Waals surface area contributed by atoms with Crippen LogP contribution in [0.15, 0.2) is 41.3 Å². The summed E-state index contributed by atoms with van der Waals surface area (Å²) in [6.07, 6.45) is 1.83. The van der Waals surface area contributed by atoms with E-state index >= 15 is 0 Å². The maximum absolute atomic E-state index is 13.1. The highest BCUT2D eigenvalue weighted by Gasteiger charge is 2.25. The molecule has 34 heavy (non-hydrogen) atoms. The Labute approximate surface area is 211 Å². The van der Waals surface area contributed by atoms with Crippen molar-refractivity contribution in [2.75, 3.05) is 31.1 Å². The van der Waals surface area contributed by atoms with Crippen LogP contribution in [0.5, 0.6) is 5.75 Å². The fourth-order valence-electron chi connectivity index (χ4n) is 3.88. The average molecular weight is 529 g/mol. The van der Waals surface area contributed by atoms with Gasteiger partial charge in [-0.3, -0.25) is 4.79 Å².